The smallest absolute Gasteiger partial charge is 0.219 e. The van der Waals surface area contributed by atoms with E-state index in [1.54, 1.807) is 13.1 Å². The van der Waals surface area contributed by atoms with Crippen LogP contribution in [0.3, 0.4) is 0 Å². The number of benzene rings is 1. The van der Waals surface area contributed by atoms with Gasteiger partial charge in [-0.25, -0.2) is 0 Å². The van der Waals surface area contributed by atoms with Gasteiger partial charge in [-0.15, -0.1) is 0 Å². The molecule has 1 atom stereocenters. The summed E-state index contributed by atoms with van der Waals surface area (Å²) in [6.45, 7) is 2.53. The van der Waals surface area contributed by atoms with Gasteiger partial charge < -0.3 is 4.90 Å². The van der Waals surface area contributed by atoms with Crippen molar-refractivity contribution < 1.29 is 4.79 Å². The molecule has 3 heteroatoms. The van der Waals surface area contributed by atoms with Crippen LogP contribution in [0.25, 0.3) is 10.9 Å². The number of likely N-dealkylation sites (tertiary alicyclic amines) is 1. The Morgan fingerprint density at radius 1 is 1.39 bits per heavy atom. The van der Waals surface area contributed by atoms with Crippen molar-refractivity contribution in [2.75, 3.05) is 6.54 Å². The third-order valence-corrected chi connectivity index (χ3v) is 3.67. The molecule has 18 heavy (non-hydrogen) atoms. The number of nitrogens with zero attached hydrogens (tertiary/aromatic N) is 2. The first-order chi connectivity index (χ1) is 8.75. The molecular weight excluding hydrogens is 224 g/mol. The number of rotatable bonds is 1. The van der Waals surface area contributed by atoms with Crippen molar-refractivity contribution in [2.24, 2.45) is 0 Å². The molecule has 1 amide bonds. The first kappa shape index (κ1) is 11.2. The molecule has 0 radical (unpaired) electrons. The summed E-state index contributed by atoms with van der Waals surface area (Å²) in [5.41, 5.74) is 2.23. The van der Waals surface area contributed by atoms with Crippen LogP contribution >= 0.6 is 0 Å². The standard InChI is InChI=1S/C15H16N2O/c1-11(18)17-9-3-5-15(17)13-6-7-14-12(10-13)4-2-8-16-14/h2,4,6-8,10,15H,3,5,9H2,1H3. The van der Waals surface area contributed by atoms with Crippen molar-refractivity contribution in [1.82, 2.24) is 9.88 Å². The molecule has 1 saturated heterocycles. The van der Waals surface area contributed by atoms with Gasteiger partial charge in [-0.05, 0) is 36.6 Å². The molecule has 1 aromatic carbocycles. The summed E-state index contributed by atoms with van der Waals surface area (Å²) in [5.74, 6) is 0.170. The van der Waals surface area contributed by atoms with E-state index >= 15 is 0 Å². The Bertz CT molecular complexity index is 594. The van der Waals surface area contributed by atoms with Crippen molar-refractivity contribution >= 4 is 16.8 Å². The Balaban J connectivity index is 2.01. The maximum absolute atomic E-state index is 11.6. The van der Waals surface area contributed by atoms with Gasteiger partial charge in [-0.2, -0.15) is 0 Å². The lowest BCUT2D eigenvalue weighted by molar-refractivity contribution is -0.129. The zero-order valence-corrected chi connectivity index (χ0v) is 10.5. The molecule has 3 rings (SSSR count). The van der Waals surface area contributed by atoms with E-state index in [1.165, 1.54) is 5.56 Å². The minimum atomic E-state index is 0.170. The second-order valence-corrected chi connectivity index (χ2v) is 4.83. The molecule has 2 aromatic rings. The van der Waals surface area contributed by atoms with E-state index in [0.29, 0.717) is 0 Å². The summed E-state index contributed by atoms with van der Waals surface area (Å²) < 4.78 is 0. The van der Waals surface area contributed by atoms with Gasteiger partial charge >= 0.3 is 0 Å². The second kappa shape index (κ2) is 4.41. The van der Waals surface area contributed by atoms with Crippen LogP contribution in [0.1, 0.15) is 31.4 Å². The summed E-state index contributed by atoms with van der Waals surface area (Å²) in [4.78, 5) is 17.9. The number of amides is 1. The highest BCUT2D eigenvalue weighted by Crippen LogP contribution is 2.33. The lowest BCUT2D eigenvalue weighted by Crippen LogP contribution is -2.27. The van der Waals surface area contributed by atoms with E-state index in [-0.39, 0.29) is 11.9 Å². The van der Waals surface area contributed by atoms with Crippen molar-refractivity contribution in [1.29, 1.82) is 0 Å². The van der Waals surface area contributed by atoms with E-state index in [4.69, 9.17) is 0 Å². The second-order valence-electron chi connectivity index (χ2n) is 4.83. The minimum Gasteiger partial charge on any atom is -0.336 e. The maximum Gasteiger partial charge on any atom is 0.219 e. The molecule has 0 bridgehead atoms. The van der Waals surface area contributed by atoms with Crippen molar-refractivity contribution in [3.05, 3.63) is 42.1 Å². The Morgan fingerprint density at radius 2 is 2.28 bits per heavy atom. The molecule has 1 unspecified atom stereocenters. The van der Waals surface area contributed by atoms with Gasteiger partial charge in [0, 0.05) is 25.1 Å². The highest BCUT2D eigenvalue weighted by atomic mass is 16.2. The molecule has 0 N–H and O–H groups in total. The lowest BCUT2D eigenvalue weighted by atomic mass is 10.0. The average molecular weight is 240 g/mol. The van der Waals surface area contributed by atoms with Gasteiger partial charge in [0.1, 0.15) is 0 Å². The third kappa shape index (κ3) is 1.86. The molecule has 0 saturated carbocycles. The summed E-state index contributed by atoms with van der Waals surface area (Å²) in [6, 6.07) is 10.6. The first-order valence-corrected chi connectivity index (χ1v) is 6.37. The lowest BCUT2D eigenvalue weighted by Gasteiger charge is -2.23. The third-order valence-electron chi connectivity index (χ3n) is 3.67. The quantitative estimate of drug-likeness (QED) is 0.768. The fraction of sp³-hybridized carbons (Fsp3) is 0.333. The Hall–Kier alpha value is -1.90. The fourth-order valence-corrected chi connectivity index (χ4v) is 2.79. The van der Waals surface area contributed by atoms with E-state index < -0.39 is 0 Å². The van der Waals surface area contributed by atoms with Gasteiger partial charge in [0.25, 0.3) is 0 Å². The zero-order valence-electron chi connectivity index (χ0n) is 10.5. The SMILES string of the molecule is CC(=O)N1CCCC1c1ccc2ncccc2c1. The van der Waals surface area contributed by atoms with Crippen molar-refractivity contribution in [3.8, 4) is 0 Å². The maximum atomic E-state index is 11.6. The van der Waals surface area contributed by atoms with Gasteiger partial charge in [-0.3, -0.25) is 9.78 Å². The van der Waals surface area contributed by atoms with Crippen LogP contribution in [0.5, 0.6) is 0 Å². The highest BCUT2D eigenvalue weighted by molar-refractivity contribution is 5.79. The number of hydrogen-bond donors (Lipinski definition) is 0. The average Bonchev–Trinajstić information content (AvgIpc) is 2.87. The number of pyridine rings is 1. The monoisotopic (exact) mass is 240 g/mol. The molecule has 92 valence electrons. The van der Waals surface area contributed by atoms with Crippen LogP contribution in [0.15, 0.2) is 36.5 Å². The van der Waals surface area contributed by atoms with Gasteiger partial charge in [0.15, 0.2) is 0 Å². The molecule has 1 fully saturated rings. The van der Waals surface area contributed by atoms with Crippen LogP contribution in [0.4, 0.5) is 0 Å². The number of hydrogen-bond acceptors (Lipinski definition) is 2. The van der Waals surface area contributed by atoms with Gasteiger partial charge in [0.05, 0.1) is 11.6 Å². The number of carbonyl (C=O) groups excluding carboxylic acids is 1. The van der Waals surface area contributed by atoms with E-state index in [2.05, 4.69) is 23.2 Å². The Labute approximate surface area is 106 Å². The number of aromatic nitrogens is 1. The van der Waals surface area contributed by atoms with Crippen LogP contribution in [0, 0.1) is 0 Å². The molecule has 0 spiro atoms. The van der Waals surface area contributed by atoms with Gasteiger partial charge in [-0.1, -0.05) is 12.1 Å². The van der Waals surface area contributed by atoms with Crippen LogP contribution in [-0.4, -0.2) is 22.3 Å². The molecule has 3 nitrogen and oxygen atoms in total. The largest absolute Gasteiger partial charge is 0.336 e. The minimum absolute atomic E-state index is 0.170. The molecular formula is C15H16N2O. The normalized spacial score (nSPS) is 19.4. The topological polar surface area (TPSA) is 33.2 Å². The fourth-order valence-electron chi connectivity index (χ4n) is 2.79. The molecule has 2 heterocycles. The summed E-state index contributed by atoms with van der Waals surface area (Å²) >= 11 is 0. The predicted molar refractivity (Wildman–Crippen MR) is 71.1 cm³/mol. The van der Waals surface area contributed by atoms with E-state index in [1.807, 2.05) is 17.0 Å². The van der Waals surface area contributed by atoms with E-state index in [9.17, 15) is 4.79 Å². The predicted octanol–water partition coefficient (Wildman–Crippen LogP) is 2.92. The molecule has 0 aliphatic carbocycles. The molecule has 1 aliphatic rings. The Kier molecular flexibility index (Phi) is 2.74. The first-order valence-electron chi connectivity index (χ1n) is 6.37. The summed E-state index contributed by atoms with van der Waals surface area (Å²) in [5, 5.41) is 1.14. The highest BCUT2D eigenvalue weighted by Gasteiger charge is 2.27. The molecule has 1 aliphatic heterocycles. The molecule has 1 aromatic heterocycles. The summed E-state index contributed by atoms with van der Waals surface area (Å²) in [6.07, 6.45) is 3.96. The van der Waals surface area contributed by atoms with Crippen LogP contribution in [0.2, 0.25) is 0 Å². The Morgan fingerprint density at radius 3 is 3.11 bits per heavy atom. The summed E-state index contributed by atoms with van der Waals surface area (Å²) in [7, 11) is 0. The van der Waals surface area contributed by atoms with E-state index in [0.717, 1.165) is 30.3 Å². The van der Waals surface area contributed by atoms with Gasteiger partial charge in [0.2, 0.25) is 5.91 Å². The van der Waals surface area contributed by atoms with Crippen LogP contribution in [-0.2, 0) is 4.79 Å². The number of carbonyl (C=O) groups is 1. The van der Waals surface area contributed by atoms with Crippen molar-refractivity contribution in [2.45, 2.75) is 25.8 Å². The van der Waals surface area contributed by atoms with Crippen LogP contribution < -0.4 is 0 Å². The number of fused-ring (bicyclic) bond motifs is 1. The zero-order chi connectivity index (χ0) is 12.5. The van der Waals surface area contributed by atoms with Crippen molar-refractivity contribution in [3.63, 3.8) is 0 Å².